The monoisotopic (exact) mass is 389 g/mol. The Labute approximate surface area is 173 Å². The van der Waals surface area contributed by atoms with Gasteiger partial charge in [-0.15, -0.1) is 0 Å². The van der Waals surface area contributed by atoms with E-state index in [0.717, 1.165) is 18.4 Å². The van der Waals surface area contributed by atoms with Crippen LogP contribution in [0.3, 0.4) is 0 Å². The number of unbranched alkanes of at least 4 members (excludes halogenated alkanes) is 12. The Morgan fingerprint density at radius 3 is 1.82 bits per heavy atom. The van der Waals surface area contributed by atoms with Gasteiger partial charge in [0.15, 0.2) is 0 Å². The molecule has 28 heavy (non-hydrogen) atoms. The molecule has 0 aliphatic carbocycles. The predicted octanol–water partition coefficient (Wildman–Crippen LogP) is 6.19. The van der Waals surface area contributed by atoms with E-state index in [1.165, 1.54) is 70.6 Å². The van der Waals surface area contributed by atoms with E-state index in [1.807, 2.05) is 30.3 Å². The average Bonchev–Trinajstić information content (AvgIpc) is 2.71. The van der Waals surface area contributed by atoms with E-state index in [1.54, 1.807) is 0 Å². The number of aliphatic hydroxyl groups excluding tert-OH is 1. The molecule has 0 fully saturated rings. The minimum Gasteiger partial charge on any atom is -0.394 e. The van der Waals surface area contributed by atoms with Crippen LogP contribution in [0.2, 0.25) is 0 Å². The van der Waals surface area contributed by atoms with E-state index in [9.17, 15) is 9.90 Å². The van der Waals surface area contributed by atoms with E-state index in [2.05, 4.69) is 12.2 Å². The summed E-state index contributed by atoms with van der Waals surface area (Å²) in [4.78, 5) is 12.1. The number of nitrogens with one attached hydrogen (secondary N) is 1. The summed E-state index contributed by atoms with van der Waals surface area (Å²) in [6, 6.07) is 9.82. The van der Waals surface area contributed by atoms with E-state index in [0.29, 0.717) is 12.8 Å². The highest BCUT2D eigenvalue weighted by Crippen LogP contribution is 2.13. The Kier molecular flexibility index (Phi) is 15.6. The van der Waals surface area contributed by atoms with Crippen LogP contribution < -0.4 is 5.32 Å². The van der Waals surface area contributed by atoms with Crippen molar-refractivity contribution in [1.29, 1.82) is 0 Å². The summed E-state index contributed by atoms with van der Waals surface area (Å²) in [6.07, 6.45) is 18.3. The molecule has 1 aromatic carbocycles. The first kappa shape index (κ1) is 24.7. The number of carbonyl (C=O) groups is 1. The summed E-state index contributed by atoms with van der Waals surface area (Å²) in [6.45, 7) is 2.25. The fourth-order valence-electron chi connectivity index (χ4n) is 3.66. The molecule has 0 spiro atoms. The lowest BCUT2D eigenvalue weighted by atomic mass is 10.0. The van der Waals surface area contributed by atoms with Crippen LogP contribution in [0.1, 0.15) is 102 Å². The molecule has 0 saturated carbocycles. The van der Waals surface area contributed by atoms with Crippen molar-refractivity contribution in [2.45, 2.75) is 109 Å². The number of aliphatic hydroxyl groups is 1. The van der Waals surface area contributed by atoms with Crippen LogP contribution in [0.4, 0.5) is 0 Å². The number of hydrogen-bond donors (Lipinski definition) is 2. The van der Waals surface area contributed by atoms with Crippen molar-refractivity contribution in [3.8, 4) is 0 Å². The molecule has 1 amide bonds. The van der Waals surface area contributed by atoms with Crippen molar-refractivity contribution in [3.05, 3.63) is 35.9 Å². The largest absolute Gasteiger partial charge is 0.394 e. The molecular weight excluding hydrogens is 346 g/mol. The molecule has 1 rings (SSSR count). The quantitative estimate of drug-likeness (QED) is 0.294. The molecule has 0 aromatic heterocycles. The Bertz CT molecular complexity index is 475. The lowest BCUT2D eigenvalue weighted by molar-refractivity contribution is -0.122. The summed E-state index contributed by atoms with van der Waals surface area (Å²) in [5.74, 6) is 0.0676. The number of carbonyl (C=O) groups excluding carboxylic acids is 1. The molecule has 0 saturated heterocycles. The van der Waals surface area contributed by atoms with Crippen molar-refractivity contribution in [2.75, 3.05) is 6.61 Å². The predicted molar refractivity (Wildman–Crippen MR) is 119 cm³/mol. The Balaban J connectivity index is 1.93. The van der Waals surface area contributed by atoms with Crippen LogP contribution >= 0.6 is 0 Å². The van der Waals surface area contributed by atoms with Gasteiger partial charge in [0.2, 0.25) is 5.91 Å². The third kappa shape index (κ3) is 13.8. The molecule has 2 N–H and O–H groups in total. The normalized spacial score (nSPS) is 12.1. The number of hydrogen-bond acceptors (Lipinski definition) is 2. The molecular formula is C25H43NO2. The summed E-state index contributed by atoms with van der Waals surface area (Å²) in [5.41, 5.74) is 1.14. The van der Waals surface area contributed by atoms with Crippen LogP contribution in [0.25, 0.3) is 0 Å². The summed E-state index contributed by atoms with van der Waals surface area (Å²) in [5, 5.41) is 12.5. The second kappa shape index (κ2) is 17.7. The third-order valence-electron chi connectivity index (χ3n) is 5.42. The highest BCUT2D eigenvalue weighted by Gasteiger charge is 2.11. The van der Waals surface area contributed by atoms with Gasteiger partial charge in [-0.3, -0.25) is 4.79 Å². The van der Waals surface area contributed by atoms with E-state index in [-0.39, 0.29) is 18.6 Å². The molecule has 0 bridgehead atoms. The molecule has 1 atom stereocenters. The topological polar surface area (TPSA) is 49.3 Å². The Morgan fingerprint density at radius 1 is 0.821 bits per heavy atom. The first-order valence-corrected chi connectivity index (χ1v) is 11.7. The highest BCUT2D eigenvalue weighted by molar-refractivity contribution is 5.76. The SMILES string of the molecule is CCCCCCCCCCCCCCCC(=O)N[C@@H](CO)Cc1ccccc1. The van der Waals surface area contributed by atoms with Gasteiger partial charge in [-0.2, -0.15) is 0 Å². The van der Waals surface area contributed by atoms with Gasteiger partial charge >= 0.3 is 0 Å². The maximum Gasteiger partial charge on any atom is 0.220 e. The molecule has 0 radical (unpaired) electrons. The second-order valence-electron chi connectivity index (χ2n) is 8.13. The van der Waals surface area contributed by atoms with Gasteiger partial charge in [0.05, 0.1) is 12.6 Å². The van der Waals surface area contributed by atoms with Gasteiger partial charge in [-0.05, 0) is 18.4 Å². The average molecular weight is 390 g/mol. The summed E-state index contributed by atoms with van der Waals surface area (Å²) < 4.78 is 0. The van der Waals surface area contributed by atoms with E-state index >= 15 is 0 Å². The van der Waals surface area contributed by atoms with Crippen LogP contribution in [0, 0.1) is 0 Å². The van der Waals surface area contributed by atoms with Crippen LogP contribution in [0.15, 0.2) is 30.3 Å². The van der Waals surface area contributed by atoms with Crippen molar-refractivity contribution in [2.24, 2.45) is 0 Å². The zero-order chi connectivity index (χ0) is 20.3. The molecule has 0 unspecified atom stereocenters. The zero-order valence-corrected chi connectivity index (χ0v) is 18.1. The van der Waals surface area contributed by atoms with Gasteiger partial charge in [-0.1, -0.05) is 114 Å². The fourth-order valence-corrected chi connectivity index (χ4v) is 3.66. The maximum atomic E-state index is 12.1. The van der Waals surface area contributed by atoms with Crippen molar-refractivity contribution < 1.29 is 9.90 Å². The summed E-state index contributed by atoms with van der Waals surface area (Å²) in [7, 11) is 0. The molecule has 0 aliphatic rings. The standard InChI is InChI=1S/C25H43NO2/c1-2-3-4-5-6-7-8-9-10-11-12-13-17-20-25(28)26-24(22-27)21-23-18-15-14-16-19-23/h14-16,18-19,24,27H,2-13,17,20-22H2,1H3,(H,26,28)/t24-/m1/s1. The molecule has 3 nitrogen and oxygen atoms in total. The van der Waals surface area contributed by atoms with Crippen molar-refractivity contribution >= 4 is 5.91 Å². The lowest BCUT2D eigenvalue weighted by Gasteiger charge is -2.16. The maximum absolute atomic E-state index is 12.1. The van der Waals surface area contributed by atoms with E-state index < -0.39 is 0 Å². The van der Waals surface area contributed by atoms with Crippen LogP contribution in [-0.4, -0.2) is 23.7 Å². The van der Waals surface area contributed by atoms with Gasteiger partial charge in [0.25, 0.3) is 0 Å². The van der Waals surface area contributed by atoms with Gasteiger partial charge in [0.1, 0.15) is 0 Å². The van der Waals surface area contributed by atoms with Crippen molar-refractivity contribution in [1.82, 2.24) is 5.32 Å². The summed E-state index contributed by atoms with van der Waals surface area (Å²) >= 11 is 0. The highest BCUT2D eigenvalue weighted by atomic mass is 16.3. The van der Waals surface area contributed by atoms with Crippen molar-refractivity contribution in [3.63, 3.8) is 0 Å². The number of amides is 1. The van der Waals surface area contributed by atoms with Gasteiger partial charge < -0.3 is 10.4 Å². The molecule has 160 valence electrons. The lowest BCUT2D eigenvalue weighted by Crippen LogP contribution is -2.38. The molecule has 0 aliphatic heterocycles. The minimum absolute atomic E-state index is 0.0146. The molecule has 0 heterocycles. The zero-order valence-electron chi connectivity index (χ0n) is 18.1. The van der Waals surface area contributed by atoms with Crippen LogP contribution in [0.5, 0.6) is 0 Å². The second-order valence-corrected chi connectivity index (χ2v) is 8.13. The Hall–Kier alpha value is -1.35. The minimum atomic E-state index is -0.183. The van der Waals surface area contributed by atoms with E-state index in [4.69, 9.17) is 0 Å². The third-order valence-corrected chi connectivity index (χ3v) is 5.42. The Morgan fingerprint density at radius 2 is 1.32 bits per heavy atom. The van der Waals surface area contributed by atoms with Crippen LogP contribution in [-0.2, 0) is 11.2 Å². The smallest absolute Gasteiger partial charge is 0.220 e. The molecule has 3 heteroatoms. The first-order valence-electron chi connectivity index (χ1n) is 11.7. The van der Waals surface area contributed by atoms with Gasteiger partial charge in [-0.25, -0.2) is 0 Å². The number of benzene rings is 1. The van der Waals surface area contributed by atoms with Gasteiger partial charge in [0, 0.05) is 6.42 Å². The first-order chi connectivity index (χ1) is 13.8. The number of rotatable bonds is 18. The molecule has 1 aromatic rings. The fraction of sp³-hybridized carbons (Fsp3) is 0.720.